The second kappa shape index (κ2) is 5.72. The zero-order valence-electron chi connectivity index (χ0n) is 10.6. The van der Waals surface area contributed by atoms with E-state index >= 15 is 0 Å². The van der Waals surface area contributed by atoms with Gasteiger partial charge in [-0.3, -0.25) is 0 Å². The Balaban J connectivity index is 2.30. The van der Waals surface area contributed by atoms with Crippen LogP contribution in [0.4, 0.5) is 0 Å². The molecule has 0 saturated heterocycles. The Morgan fingerprint density at radius 3 is 2.65 bits per heavy atom. The highest BCUT2D eigenvalue weighted by Gasteiger charge is 2.12. The SMILES string of the molecule is CSc1ccccc1-c1nc(Cl)c2cccc(Br)c2n1. The second-order valence-corrected chi connectivity index (χ2v) is 6.23. The third-order valence-corrected chi connectivity index (χ3v) is 4.70. The summed E-state index contributed by atoms with van der Waals surface area (Å²) in [6.07, 6.45) is 2.04. The lowest BCUT2D eigenvalue weighted by molar-refractivity contribution is 1.20. The van der Waals surface area contributed by atoms with Gasteiger partial charge in [-0.1, -0.05) is 35.9 Å². The molecular formula is C15H10BrClN2S. The van der Waals surface area contributed by atoms with E-state index in [2.05, 4.69) is 32.0 Å². The fourth-order valence-electron chi connectivity index (χ4n) is 2.03. The van der Waals surface area contributed by atoms with E-state index in [0.29, 0.717) is 11.0 Å². The molecule has 0 atom stereocenters. The van der Waals surface area contributed by atoms with Gasteiger partial charge in [-0.2, -0.15) is 0 Å². The van der Waals surface area contributed by atoms with Crippen molar-refractivity contribution in [2.75, 3.05) is 6.26 Å². The van der Waals surface area contributed by atoms with E-state index in [4.69, 9.17) is 11.6 Å². The molecule has 2 aromatic carbocycles. The summed E-state index contributed by atoms with van der Waals surface area (Å²) in [5.41, 5.74) is 1.83. The number of fused-ring (bicyclic) bond motifs is 1. The first kappa shape index (κ1) is 13.9. The van der Waals surface area contributed by atoms with Crippen molar-refractivity contribution in [2.45, 2.75) is 4.90 Å². The summed E-state index contributed by atoms with van der Waals surface area (Å²) >= 11 is 11.5. The fraction of sp³-hybridized carbons (Fsp3) is 0.0667. The van der Waals surface area contributed by atoms with Crippen LogP contribution in [0.5, 0.6) is 0 Å². The molecule has 0 amide bonds. The molecule has 0 fully saturated rings. The van der Waals surface area contributed by atoms with Crippen LogP contribution in [0.1, 0.15) is 0 Å². The van der Waals surface area contributed by atoms with Crippen LogP contribution >= 0.6 is 39.3 Å². The van der Waals surface area contributed by atoms with Crippen molar-refractivity contribution in [3.05, 3.63) is 52.1 Å². The predicted molar refractivity (Wildman–Crippen MR) is 89.5 cm³/mol. The van der Waals surface area contributed by atoms with Gasteiger partial charge in [0.2, 0.25) is 0 Å². The molecule has 20 heavy (non-hydrogen) atoms. The number of thioether (sulfide) groups is 1. The molecule has 5 heteroatoms. The number of hydrogen-bond acceptors (Lipinski definition) is 3. The minimum atomic E-state index is 0.474. The van der Waals surface area contributed by atoms with Gasteiger partial charge in [-0.25, -0.2) is 9.97 Å². The van der Waals surface area contributed by atoms with E-state index in [9.17, 15) is 0 Å². The maximum absolute atomic E-state index is 6.30. The molecule has 2 nitrogen and oxygen atoms in total. The van der Waals surface area contributed by atoms with Crippen LogP contribution in [0.2, 0.25) is 5.15 Å². The van der Waals surface area contributed by atoms with Crippen molar-refractivity contribution in [2.24, 2.45) is 0 Å². The summed E-state index contributed by atoms with van der Waals surface area (Å²) < 4.78 is 0.919. The summed E-state index contributed by atoms with van der Waals surface area (Å²) in [5, 5.41) is 1.33. The van der Waals surface area contributed by atoms with Gasteiger partial charge >= 0.3 is 0 Å². The van der Waals surface area contributed by atoms with Gasteiger partial charge in [0.05, 0.1) is 5.52 Å². The summed E-state index contributed by atoms with van der Waals surface area (Å²) in [6.45, 7) is 0. The average molecular weight is 366 g/mol. The maximum atomic E-state index is 6.30. The number of benzene rings is 2. The summed E-state index contributed by atoms with van der Waals surface area (Å²) in [6, 6.07) is 13.9. The van der Waals surface area contributed by atoms with Crippen LogP contribution in [0, 0.1) is 0 Å². The minimum Gasteiger partial charge on any atom is -0.227 e. The van der Waals surface area contributed by atoms with E-state index in [0.717, 1.165) is 25.8 Å². The lowest BCUT2D eigenvalue weighted by Gasteiger charge is -2.08. The molecule has 1 aromatic heterocycles. The fourth-order valence-corrected chi connectivity index (χ4v) is 3.31. The number of hydrogen-bond donors (Lipinski definition) is 0. The van der Waals surface area contributed by atoms with Gasteiger partial charge in [0.25, 0.3) is 0 Å². The Morgan fingerprint density at radius 2 is 1.85 bits per heavy atom. The number of rotatable bonds is 2. The molecule has 0 bridgehead atoms. The van der Waals surface area contributed by atoms with Crippen LogP contribution in [-0.4, -0.2) is 16.2 Å². The summed E-state index contributed by atoms with van der Waals surface area (Å²) in [4.78, 5) is 10.2. The van der Waals surface area contributed by atoms with Crippen LogP contribution < -0.4 is 0 Å². The molecule has 0 saturated carbocycles. The first-order valence-electron chi connectivity index (χ1n) is 5.96. The first-order chi connectivity index (χ1) is 9.70. The van der Waals surface area contributed by atoms with Gasteiger partial charge in [-0.15, -0.1) is 11.8 Å². The highest BCUT2D eigenvalue weighted by Crippen LogP contribution is 2.32. The Bertz CT molecular complexity index is 792. The Morgan fingerprint density at radius 1 is 1.05 bits per heavy atom. The van der Waals surface area contributed by atoms with Gasteiger partial charge in [0, 0.05) is 20.3 Å². The first-order valence-corrected chi connectivity index (χ1v) is 8.35. The van der Waals surface area contributed by atoms with Crippen LogP contribution in [0.25, 0.3) is 22.3 Å². The molecular weight excluding hydrogens is 356 g/mol. The molecule has 0 spiro atoms. The highest BCUT2D eigenvalue weighted by molar-refractivity contribution is 9.10. The molecule has 0 aliphatic heterocycles. The summed E-state index contributed by atoms with van der Waals surface area (Å²) in [7, 11) is 0. The average Bonchev–Trinajstić information content (AvgIpc) is 2.48. The lowest BCUT2D eigenvalue weighted by Crippen LogP contribution is -1.93. The molecule has 0 unspecified atom stereocenters. The minimum absolute atomic E-state index is 0.474. The van der Waals surface area contributed by atoms with Gasteiger partial charge < -0.3 is 0 Å². The molecule has 3 aromatic rings. The van der Waals surface area contributed by atoms with Crippen molar-refractivity contribution >= 4 is 50.2 Å². The van der Waals surface area contributed by atoms with Gasteiger partial charge in [0.1, 0.15) is 5.15 Å². The molecule has 1 heterocycles. The summed E-state index contributed by atoms with van der Waals surface area (Å²) in [5.74, 6) is 0.652. The van der Waals surface area contributed by atoms with Crippen molar-refractivity contribution in [1.82, 2.24) is 9.97 Å². The van der Waals surface area contributed by atoms with Crippen molar-refractivity contribution in [3.8, 4) is 11.4 Å². The highest BCUT2D eigenvalue weighted by atomic mass is 79.9. The predicted octanol–water partition coefficient (Wildman–Crippen LogP) is 5.43. The van der Waals surface area contributed by atoms with E-state index in [1.54, 1.807) is 11.8 Å². The Hall–Kier alpha value is -1.10. The van der Waals surface area contributed by atoms with Gasteiger partial charge in [0.15, 0.2) is 5.82 Å². The molecule has 100 valence electrons. The van der Waals surface area contributed by atoms with E-state index in [1.807, 2.05) is 42.7 Å². The third kappa shape index (κ3) is 2.43. The van der Waals surface area contributed by atoms with Crippen molar-refractivity contribution < 1.29 is 0 Å². The number of aromatic nitrogens is 2. The molecule has 0 aliphatic rings. The molecule has 0 radical (unpaired) electrons. The number of para-hydroxylation sites is 1. The van der Waals surface area contributed by atoms with Crippen LogP contribution in [0.15, 0.2) is 51.8 Å². The van der Waals surface area contributed by atoms with E-state index in [1.165, 1.54) is 0 Å². The zero-order valence-corrected chi connectivity index (χ0v) is 13.8. The number of halogens is 2. The molecule has 0 aliphatic carbocycles. The van der Waals surface area contributed by atoms with E-state index < -0.39 is 0 Å². The Kier molecular flexibility index (Phi) is 3.96. The second-order valence-electron chi connectivity index (χ2n) is 4.17. The lowest BCUT2D eigenvalue weighted by atomic mass is 10.2. The van der Waals surface area contributed by atoms with Crippen LogP contribution in [0.3, 0.4) is 0 Å². The topological polar surface area (TPSA) is 25.8 Å². The quantitative estimate of drug-likeness (QED) is 0.447. The monoisotopic (exact) mass is 364 g/mol. The number of nitrogens with zero attached hydrogens (tertiary/aromatic N) is 2. The molecule has 0 N–H and O–H groups in total. The largest absolute Gasteiger partial charge is 0.227 e. The maximum Gasteiger partial charge on any atom is 0.162 e. The van der Waals surface area contributed by atoms with Crippen molar-refractivity contribution in [3.63, 3.8) is 0 Å². The third-order valence-electron chi connectivity index (χ3n) is 2.98. The molecule has 3 rings (SSSR count). The van der Waals surface area contributed by atoms with Gasteiger partial charge in [-0.05, 0) is 40.4 Å². The standard InChI is InChI=1S/C15H10BrClN2S/c1-20-12-8-3-2-5-9(12)15-18-13-10(14(17)19-15)6-4-7-11(13)16/h2-8H,1H3. The smallest absolute Gasteiger partial charge is 0.162 e. The van der Waals surface area contributed by atoms with E-state index in [-0.39, 0.29) is 0 Å². The normalized spacial score (nSPS) is 10.9. The van der Waals surface area contributed by atoms with Crippen molar-refractivity contribution in [1.29, 1.82) is 0 Å². The zero-order chi connectivity index (χ0) is 14.1. The Labute approximate surface area is 134 Å². The van der Waals surface area contributed by atoms with Crippen LogP contribution in [-0.2, 0) is 0 Å².